The van der Waals surface area contributed by atoms with Crippen molar-refractivity contribution < 1.29 is 0 Å². The van der Waals surface area contributed by atoms with E-state index in [4.69, 9.17) is 5.41 Å². The fourth-order valence-corrected chi connectivity index (χ4v) is 2.73. The number of hydrogen-bond donors (Lipinski definition) is 2. The molecule has 0 heterocycles. The molecule has 0 radical (unpaired) electrons. The summed E-state index contributed by atoms with van der Waals surface area (Å²) in [6.45, 7) is 2.14. The Morgan fingerprint density at radius 3 is 2.86 bits per heavy atom. The molecule has 0 amide bonds. The molecular weight excluding hydrogens is 270 g/mol. The zero-order valence-corrected chi connectivity index (χ0v) is 13.1. The Bertz CT molecular complexity index is 731. The molecule has 0 aliphatic heterocycles. The van der Waals surface area contributed by atoms with Crippen LogP contribution in [0.3, 0.4) is 0 Å². The van der Waals surface area contributed by atoms with Crippen LogP contribution in [0.1, 0.15) is 23.6 Å². The van der Waals surface area contributed by atoms with Crippen LogP contribution in [-0.2, 0) is 12.8 Å². The van der Waals surface area contributed by atoms with E-state index < -0.39 is 0 Å². The Kier molecular flexibility index (Phi) is 3.96. The lowest BCUT2D eigenvalue weighted by atomic mass is 10.1. The maximum absolute atomic E-state index is 8.35. The standard InChI is InChI=1S/C19H21N3/c1-3-14-7-4-10-16(13-14)22(2)19(20)21-18-12-6-9-15-8-5-11-17(15)18/h4-7,9-13H,3,8H2,1-2H3,(H2,20,21). The van der Waals surface area contributed by atoms with Gasteiger partial charge in [0.2, 0.25) is 0 Å². The van der Waals surface area contributed by atoms with Crippen molar-refractivity contribution in [3.05, 3.63) is 65.2 Å². The average molecular weight is 291 g/mol. The number of benzene rings is 2. The first-order valence-electron chi connectivity index (χ1n) is 7.65. The number of allylic oxidation sites excluding steroid dienone is 1. The molecule has 0 saturated heterocycles. The summed E-state index contributed by atoms with van der Waals surface area (Å²) in [6.07, 6.45) is 6.27. The fraction of sp³-hybridized carbons (Fsp3) is 0.211. The van der Waals surface area contributed by atoms with Crippen LogP contribution in [0, 0.1) is 5.41 Å². The van der Waals surface area contributed by atoms with Gasteiger partial charge in [-0.3, -0.25) is 5.41 Å². The third-order valence-corrected chi connectivity index (χ3v) is 4.11. The largest absolute Gasteiger partial charge is 0.326 e. The Morgan fingerprint density at radius 1 is 1.23 bits per heavy atom. The van der Waals surface area contributed by atoms with Crippen LogP contribution in [-0.4, -0.2) is 13.0 Å². The number of aryl methyl sites for hydroxylation is 1. The number of rotatable bonds is 3. The smallest absolute Gasteiger partial charge is 0.199 e. The van der Waals surface area contributed by atoms with Gasteiger partial charge in [-0.2, -0.15) is 0 Å². The lowest BCUT2D eigenvalue weighted by molar-refractivity contribution is 1.13. The van der Waals surface area contributed by atoms with Gasteiger partial charge in [-0.15, -0.1) is 0 Å². The average Bonchev–Trinajstić information content (AvgIpc) is 3.04. The van der Waals surface area contributed by atoms with Gasteiger partial charge in [-0.1, -0.05) is 43.3 Å². The summed E-state index contributed by atoms with van der Waals surface area (Å²) >= 11 is 0. The predicted octanol–water partition coefficient (Wildman–Crippen LogP) is 4.30. The molecule has 1 aliphatic rings. The van der Waals surface area contributed by atoms with E-state index in [0.717, 1.165) is 24.2 Å². The molecule has 2 aromatic rings. The maximum Gasteiger partial charge on any atom is 0.199 e. The molecule has 112 valence electrons. The third-order valence-electron chi connectivity index (χ3n) is 4.11. The van der Waals surface area contributed by atoms with Crippen molar-refractivity contribution in [3.63, 3.8) is 0 Å². The van der Waals surface area contributed by atoms with Crippen LogP contribution in [0.25, 0.3) is 6.08 Å². The van der Waals surface area contributed by atoms with Crippen LogP contribution < -0.4 is 10.2 Å². The molecule has 0 bridgehead atoms. The molecule has 0 aromatic heterocycles. The molecular formula is C19H21N3. The molecule has 0 fully saturated rings. The van der Waals surface area contributed by atoms with Gasteiger partial charge in [0.05, 0.1) is 0 Å². The normalized spacial score (nSPS) is 12.1. The van der Waals surface area contributed by atoms with E-state index in [1.165, 1.54) is 16.7 Å². The van der Waals surface area contributed by atoms with E-state index in [-0.39, 0.29) is 0 Å². The fourth-order valence-electron chi connectivity index (χ4n) is 2.73. The molecule has 0 atom stereocenters. The monoisotopic (exact) mass is 291 g/mol. The number of nitrogens with one attached hydrogen (secondary N) is 2. The topological polar surface area (TPSA) is 39.1 Å². The summed E-state index contributed by atoms with van der Waals surface area (Å²) in [5.41, 5.74) is 5.81. The van der Waals surface area contributed by atoms with E-state index in [1.807, 2.05) is 36.2 Å². The molecule has 0 unspecified atom stereocenters. The number of nitrogens with zero attached hydrogens (tertiary/aromatic N) is 1. The van der Waals surface area contributed by atoms with E-state index in [0.29, 0.717) is 5.96 Å². The first-order chi connectivity index (χ1) is 10.7. The molecule has 2 N–H and O–H groups in total. The highest BCUT2D eigenvalue weighted by Gasteiger charge is 2.13. The second kappa shape index (κ2) is 6.06. The van der Waals surface area contributed by atoms with E-state index in [1.54, 1.807) is 0 Å². The summed E-state index contributed by atoms with van der Waals surface area (Å²) in [4.78, 5) is 1.87. The van der Waals surface area contributed by atoms with E-state index in [2.05, 4.69) is 42.6 Å². The van der Waals surface area contributed by atoms with Crippen LogP contribution in [0.2, 0.25) is 0 Å². The van der Waals surface area contributed by atoms with Gasteiger partial charge >= 0.3 is 0 Å². The molecule has 2 aromatic carbocycles. The summed E-state index contributed by atoms with van der Waals surface area (Å²) in [7, 11) is 1.92. The lowest BCUT2D eigenvalue weighted by Crippen LogP contribution is -2.32. The summed E-state index contributed by atoms with van der Waals surface area (Å²) in [6, 6.07) is 14.5. The van der Waals surface area contributed by atoms with Crippen molar-refractivity contribution in [3.8, 4) is 0 Å². The molecule has 3 heteroatoms. The molecule has 22 heavy (non-hydrogen) atoms. The quantitative estimate of drug-likeness (QED) is 0.653. The first kappa shape index (κ1) is 14.4. The zero-order chi connectivity index (χ0) is 15.5. The van der Waals surface area contributed by atoms with Crippen molar-refractivity contribution in [1.82, 2.24) is 0 Å². The van der Waals surface area contributed by atoms with Gasteiger partial charge < -0.3 is 10.2 Å². The highest BCUT2D eigenvalue weighted by atomic mass is 15.3. The van der Waals surface area contributed by atoms with E-state index in [9.17, 15) is 0 Å². The van der Waals surface area contributed by atoms with Gasteiger partial charge in [0.25, 0.3) is 0 Å². The Morgan fingerprint density at radius 2 is 2.05 bits per heavy atom. The second-order valence-corrected chi connectivity index (χ2v) is 5.54. The van der Waals surface area contributed by atoms with Gasteiger partial charge in [-0.25, -0.2) is 0 Å². The van der Waals surface area contributed by atoms with Crippen molar-refractivity contribution in [2.75, 3.05) is 17.3 Å². The molecule has 0 saturated carbocycles. The Balaban J connectivity index is 1.80. The highest BCUT2D eigenvalue weighted by Crippen LogP contribution is 2.27. The maximum atomic E-state index is 8.35. The van der Waals surface area contributed by atoms with Crippen molar-refractivity contribution in [1.29, 1.82) is 5.41 Å². The number of anilines is 2. The Hall–Kier alpha value is -2.55. The van der Waals surface area contributed by atoms with E-state index >= 15 is 0 Å². The van der Waals surface area contributed by atoms with Crippen LogP contribution in [0.15, 0.2) is 48.5 Å². The van der Waals surface area contributed by atoms with Gasteiger partial charge in [0.15, 0.2) is 5.96 Å². The summed E-state index contributed by atoms with van der Waals surface area (Å²) < 4.78 is 0. The predicted molar refractivity (Wildman–Crippen MR) is 94.8 cm³/mol. The summed E-state index contributed by atoms with van der Waals surface area (Å²) in [5.74, 6) is 0.377. The molecule has 1 aliphatic carbocycles. The minimum Gasteiger partial charge on any atom is -0.326 e. The van der Waals surface area contributed by atoms with Crippen LogP contribution >= 0.6 is 0 Å². The van der Waals surface area contributed by atoms with Crippen molar-refractivity contribution in [2.45, 2.75) is 19.8 Å². The minimum absolute atomic E-state index is 0.377. The number of hydrogen-bond acceptors (Lipinski definition) is 1. The van der Waals surface area contributed by atoms with Crippen LogP contribution in [0.4, 0.5) is 11.4 Å². The third kappa shape index (κ3) is 2.75. The summed E-state index contributed by atoms with van der Waals surface area (Å²) in [5, 5.41) is 11.6. The van der Waals surface area contributed by atoms with Gasteiger partial charge in [0.1, 0.15) is 0 Å². The minimum atomic E-state index is 0.377. The molecule has 3 rings (SSSR count). The molecule has 0 spiro atoms. The number of guanidine groups is 1. The SMILES string of the molecule is CCc1cccc(N(C)C(=N)Nc2cccc3c2C=CC3)c1. The molecule has 3 nitrogen and oxygen atoms in total. The highest BCUT2D eigenvalue weighted by molar-refractivity contribution is 6.04. The lowest BCUT2D eigenvalue weighted by Gasteiger charge is -2.22. The Labute approximate surface area is 131 Å². The van der Waals surface area contributed by atoms with Crippen molar-refractivity contribution in [2.24, 2.45) is 0 Å². The van der Waals surface area contributed by atoms with Crippen molar-refractivity contribution >= 4 is 23.4 Å². The second-order valence-electron chi connectivity index (χ2n) is 5.54. The first-order valence-corrected chi connectivity index (χ1v) is 7.65. The zero-order valence-electron chi connectivity index (χ0n) is 13.1. The van der Waals surface area contributed by atoms with Gasteiger partial charge in [-0.05, 0) is 42.2 Å². The number of fused-ring (bicyclic) bond motifs is 1. The van der Waals surface area contributed by atoms with Crippen LogP contribution in [0.5, 0.6) is 0 Å². The van der Waals surface area contributed by atoms with Gasteiger partial charge in [0, 0.05) is 24.0 Å².